The Bertz CT molecular complexity index is 1040. The summed E-state index contributed by atoms with van der Waals surface area (Å²) in [7, 11) is 0. The number of anilines is 1. The number of carbonyl (C=O) groups is 1. The maximum absolute atomic E-state index is 13.3. The summed E-state index contributed by atoms with van der Waals surface area (Å²) in [5.41, 5.74) is 3.03. The molecule has 0 N–H and O–H groups in total. The van der Waals surface area contributed by atoms with Crippen molar-refractivity contribution in [2.45, 2.75) is 32.1 Å². The Morgan fingerprint density at radius 3 is 2.22 bits per heavy atom. The van der Waals surface area contributed by atoms with Gasteiger partial charge in [0.05, 0.1) is 0 Å². The van der Waals surface area contributed by atoms with Gasteiger partial charge in [-0.1, -0.05) is 60.7 Å². The third-order valence-electron chi connectivity index (χ3n) is 6.71. The predicted molar refractivity (Wildman–Crippen MR) is 128 cm³/mol. The molecule has 0 atom stereocenters. The summed E-state index contributed by atoms with van der Waals surface area (Å²) in [6.45, 7) is 3.50. The molecule has 3 aromatic rings. The van der Waals surface area contributed by atoms with E-state index in [1.165, 1.54) is 5.56 Å². The smallest absolute Gasteiger partial charge is 0.259 e. The van der Waals surface area contributed by atoms with Gasteiger partial charge in [-0.05, 0) is 43.6 Å². The van der Waals surface area contributed by atoms with Crippen molar-refractivity contribution in [3.63, 3.8) is 0 Å². The summed E-state index contributed by atoms with van der Waals surface area (Å²) < 4.78 is 0. The van der Waals surface area contributed by atoms with Gasteiger partial charge in [0.1, 0.15) is 11.4 Å². The van der Waals surface area contributed by atoms with Gasteiger partial charge in [0.15, 0.2) is 5.82 Å². The summed E-state index contributed by atoms with van der Waals surface area (Å²) in [4.78, 5) is 27.1. The van der Waals surface area contributed by atoms with Gasteiger partial charge in [-0.2, -0.15) is 0 Å². The minimum absolute atomic E-state index is 0.0727. The van der Waals surface area contributed by atoms with Crippen LogP contribution in [0.3, 0.4) is 0 Å². The number of hydrogen-bond donors (Lipinski definition) is 0. The Morgan fingerprint density at radius 1 is 0.875 bits per heavy atom. The summed E-state index contributed by atoms with van der Waals surface area (Å²) in [6, 6.07) is 20.8. The quantitative estimate of drug-likeness (QED) is 0.586. The number of rotatable bonds is 5. The van der Waals surface area contributed by atoms with Crippen molar-refractivity contribution < 1.29 is 4.79 Å². The second-order valence-corrected chi connectivity index (χ2v) is 8.92. The number of piperidine rings is 1. The number of hydrogen-bond acceptors (Lipinski definition) is 4. The monoisotopic (exact) mass is 426 g/mol. The highest BCUT2D eigenvalue weighted by Crippen LogP contribution is 2.29. The second-order valence-electron chi connectivity index (χ2n) is 8.92. The van der Waals surface area contributed by atoms with Crippen LogP contribution in [0.1, 0.15) is 41.6 Å². The molecule has 0 aliphatic carbocycles. The van der Waals surface area contributed by atoms with Crippen LogP contribution in [0, 0.1) is 5.92 Å². The third-order valence-corrected chi connectivity index (χ3v) is 6.71. The Labute approximate surface area is 190 Å². The SMILES string of the molecule is O=C(c1cnc(-c2ccccc2)nc1N1CCC(Cc2ccccc2)CC1)N1CCCC1. The van der Waals surface area contributed by atoms with Crippen LogP contribution >= 0.6 is 0 Å². The Balaban J connectivity index is 1.38. The largest absolute Gasteiger partial charge is 0.356 e. The molecule has 0 bridgehead atoms. The molecule has 2 aliphatic heterocycles. The molecule has 1 amide bonds. The molecule has 164 valence electrons. The molecule has 2 aromatic carbocycles. The van der Waals surface area contributed by atoms with Gasteiger partial charge >= 0.3 is 0 Å². The molecule has 1 aromatic heterocycles. The summed E-state index contributed by atoms with van der Waals surface area (Å²) in [5.74, 6) is 2.23. The van der Waals surface area contributed by atoms with Crippen LogP contribution < -0.4 is 4.90 Å². The molecule has 0 radical (unpaired) electrons. The second kappa shape index (κ2) is 9.51. The highest BCUT2D eigenvalue weighted by Gasteiger charge is 2.28. The van der Waals surface area contributed by atoms with E-state index < -0.39 is 0 Å². The number of amides is 1. The zero-order valence-corrected chi connectivity index (χ0v) is 18.5. The summed E-state index contributed by atoms with van der Waals surface area (Å²) >= 11 is 0. The van der Waals surface area contributed by atoms with E-state index in [9.17, 15) is 4.79 Å². The fourth-order valence-electron chi connectivity index (χ4n) is 4.88. The molecule has 2 aliphatic rings. The van der Waals surface area contributed by atoms with Gasteiger partial charge in [0, 0.05) is 37.9 Å². The Hall–Kier alpha value is -3.21. The molecule has 0 spiro atoms. The average molecular weight is 427 g/mol. The highest BCUT2D eigenvalue weighted by molar-refractivity contribution is 5.99. The average Bonchev–Trinajstić information content (AvgIpc) is 3.40. The van der Waals surface area contributed by atoms with Crippen molar-refractivity contribution in [3.05, 3.63) is 78.0 Å². The van der Waals surface area contributed by atoms with Crippen molar-refractivity contribution >= 4 is 11.7 Å². The molecule has 2 saturated heterocycles. The van der Waals surface area contributed by atoms with Crippen LogP contribution in [0.5, 0.6) is 0 Å². The zero-order valence-electron chi connectivity index (χ0n) is 18.5. The lowest BCUT2D eigenvalue weighted by molar-refractivity contribution is 0.0792. The zero-order chi connectivity index (χ0) is 21.8. The predicted octanol–water partition coefficient (Wildman–Crippen LogP) is 4.84. The minimum Gasteiger partial charge on any atom is -0.356 e. The first-order chi connectivity index (χ1) is 15.8. The molecular weight excluding hydrogens is 396 g/mol. The molecule has 3 heterocycles. The van der Waals surface area contributed by atoms with Crippen molar-refractivity contribution in [2.75, 3.05) is 31.1 Å². The minimum atomic E-state index is 0.0727. The maximum Gasteiger partial charge on any atom is 0.259 e. The van der Waals surface area contributed by atoms with Crippen LogP contribution in [0.4, 0.5) is 5.82 Å². The van der Waals surface area contributed by atoms with Gasteiger partial charge in [-0.15, -0.1) is 0 Å². The van der Waals surface area contributed by atoms with E-state index in [0.717, 1.165) is 69.7 Å². The first kappa shape index (κ1) is 20.7. The molecule has 2 fully saturated rings. The number of likely N-dealkylation sites (tertiary alicyclic amines) is 1. The van der Waals surface area contributed by atoms with E-state index in [0.29, 0.717) is 17.3 Å². The van der Waals surface area contributed by atoms with Crippen LogP contribution in [0.25, 0.3) is 11.4 Å². The Morgan fingerprint density at radius 2 is 1.53 bits per heavy atom. The molecular formula is C27H30N4O. The van der Waals surface area contributed by atoms with Crippen LogP contribution in [-0.4, -0.2) is 47.0 Å². The normalized spacial score (nSPS) is 17.0. The molecule has 32 heavy (non-hydrogen) atoms. The first-order valence-corrected chi connectivity index (χ1v) is 11.8. The topological polar surface area (TPSA) is 49.3 Å². The maximum atomic E-state index is 13.3. The van der Waals surface area contributed by atoms with Crippen LogP contribution in [0.15, 0.2) is 66.9 Å². The summed E-state index contributed by atoms with van der Waals surface area (Å²) in [5, 5.41) is 0. The van der Waals surface area contributed by atoms with E-state index in [2.05, 4.69) is 40.2 Å². The van der Waals surface area contributed by atoms with Gasteiger partial charge in [-0.25, -0.2) is 9.97 Å². The lowest BCUT2D eigenvalue weighted by Crippen LogP contribution is -2.37. The number of carbonyl (C=O) groups excluding carboxylic acids is 1. The van der Waals surface area contributed by atoms with E-state index >= 15 is 0 Å². The van der Waals surface area contributed by atoms with E-state index in [1.54, 1.807) is 6.20 Å². The molecule has 5 rings (SSSR count). The first-order valence-electron chi connectivity index (χ1n) is 11.8. The number of nitrogens with zero attached hydrogens (tertiary/aromatic N) is 4. The van der Waals surface area contributed by atoms with Gasteiger partial charge in [0.25, 0.3) is 5.91 Å². The van der Waals surface area contributed by atoms with Crippen LogP contribution in [0.2, 0.25) is 0 Å². The third kappa shape index (κ3) is 4.52. The van der Waals surface area contributed by atoms with E-state index in [4.69, 9.17) is 4.98 Å². The fourth-order valence-corrected chi connectivity index (χ4v) is 4.88. The van der Waals surface area contributed by atoms with Gasteiger partial charge in [-0.3, -0.25) is 4.79 Å². The number of benzene rings is 2. The lowest BCUT2D eigenvalue weighted by Gasteiger charge is -2.34. The van der Waals surface area contributed by atoms with Crippen molar-refractivity contribution in [3.8, 4) is 11.4 Å². The molecule has 5 nitrogen and oxygen atoms in total. The Kier molecular flexibility index (Phi) is 6.15. The van der Waals surface area contributed by atoms with E-state index in [-0.39, 0.29) is 5.91 Å². The number of aromatic nitrogens is 2. The van der Waals surface area contributed by atoms with Gasteiger partial charge in [0.2, 0.25) is 0 Å². The summed E-state index contributed by atoms with van der Waals surface area (Å²) in [6.07, 6.45) is 7.24. The lowest BCUT2D eigenvalue weighted by atomic mass is 9.90. The molecule has 0 saturated carbocycles. The fraction of sp³-hybridized carbons (Fsp3) is 0.370. The molecule has 0 unspecified atom stereocenters. The van der Waals surface area contributed by atoms with E-state index in [1.807, 2.05) is 35.2 Å². The van der Waals surface area contributed by atoms with Crippen molar-refractivity contribution in [1.29, 1.82) is 0 Å². The van der Waals surface area contributed by atoms with Crippen molar-refractivity contribution in [1.82, 2.24) is 14.9 Å². The van der Waals surface area contributed by atoms with Gasteiger partial charge < -0.3 is 9.80 Å². The highest BCUT2D eigenvalue weighted by atomic mass is 16.2. The molecule has 5 heteroatoms. The standard InChI is InChI=1S/C27H30N4O/c32-27(31-15-7-8-16-31)24-20-28-25(23-11-5-2-6-12-23)29-26(24)30-17-13-22(14-18-30)19-21-9-3-1-4-10-21/h1-6,9-12,20,22H,7-8,13-19H2. The van der Waals surface area contributed by atoms with Crippen LogP contribution in [-0.2, 0) is 6.42 Å². The van der Waals surface area contributed by atoms with Crippen molar-refractivity contribution in [2.24, 2.45) is 5.92 Å².